The highest BCUT2D eigenvalue weighted by Gasteiger charge is 2.12. The van der Waals surface area contributed by atoms with Gasteiger partial charge in [0.15, 0.2) is 11.5 Å². The van der Waals surface area contributed by atoms with Crippen molar-refractivity contribution in [3.63, 3.8) is 0 Å². The molecule has 0 aliphatic heterocycles. The van der Waals surface area contributed by atoms with E-state index in [0.29, 0.717) is 28.2 Å². The molecule has 94 valence electrons. The highest BCUT2D eigenvalue weighted by molar-refractivity contribution is 6.29. The van der Waals surface area contributed by atoms with Gasteiger partial charge < -0.3 is 10.6 Å². The molecule has 0 aliphatic carbocycles. The smallest absolute Gasteiger partial charge is 0.180 e. The SMILES string of the molecule is CN(C)c1n[nH]c(N)c1N=Nc1ccc(Cl)nc1. The Morgan fingerprint density at radius 2 is 2.11 bits per heavy atom. The molecule has 0 unspecified atom stereocenters. The van der Waals surface area contributed by atoms with Crippen molar-refractivity contribution in [1.29, 1.82) is 0 Å². The second-order valence-electron chi connectivity index (χ2n) is 3.74. The third kappa shape index (κ3) is 2.57. The second kappa shape index (κ2) is 5.01. The van der Waals surface area contributed by atoms with Crippen molar-refractivity contribution < 1.29 is 0 Å². The molecule has 18 heavy (non-hydrogen) atoms. The van der Waals surface area contributed by atoms with Crippen LogP contribution in [0.25, 0.3) is 0 Å². The maximum Gasteiger partial charge on any atom is 0.180 e. The standard InChI is InChI=1S/C10H12ClN7/c1-18(2)10-8(9(12)16-17-10)15-14-6-3-4-7(11)13-5-6/h3-5H,1-2H3,(H3,12,16,17). The van der Waals surface area contributed by atoms with Crippen molar-refractivity contribution in [2.45, 2.75) is 0 Å². The van der Waals surface area contributed by atoms with E-state index in [2.05, 4.69) is 25.4 Å². The summed E-state index contributed by atoms with van der Waals surface area (Å²) in [6.07, 6.45) is 1.53. The van der Waals surface area contributed by atoms with Crippen LogP contribution in [0.4, 0.5) is 23.0 Å². The molecule has 0 atom stereocenters. The Bertz CT molecular complexity index is 558. The van der Waals surface area contributed by atoms with Crippen molar-refractivity contribution in [3.05, 3.63) is 23.5 Å². The fourth-order valence-electron chi connectivity index (χ4n) is 1.28. The predicted octanol–water partition coefficient (Wildman–Crippen LogP) is 2.52. The van der Waals surface area contributed by atoms with Crippen LogP contribution in [0.15, 0.2) is 28.6 Å². The largest absolute Gasteiger partial charge is 0.382 e. The van der Waals surface area contributed by atoms with Gasteiger partial charge >= 0.3 is 0 Å². The molecule has 2 heterocycles. The first-order chi connectivity index (χ1) is 8.58. The number of halogens is 1. The number of H-pyrrole nitrogens is 1. The van der Waals surface area contributed by atoms with Crippen molar-refractivity contribution in [3.8, 4) is 0 Å². The molecular weight excluding hydrogens is 254 g/mol. The molecule has 3 N–H and O–H groups in total. The van der Waals surface area contributed by atoms with Gasteiger partial charge in [-0.2, -0.15) is 5.10 Å². The van der Waals surface area contributed by atoms with Crippen LogP contribution < -0.4 is 10.6 Å². The molecule has 0 aliphatic rings. The van der Waals surface area contributed by atoms with Crippen molar-refractivity contribution in [2.24, 2.45) is 10.2 Å². The average Bonchev–Trinajstić information content (AvgIpc) is 2.70. The lowest BCUT2D eigenvalue weighted by molar-refractivity contribution is 1.01. The molecule has 7 nitrogen and oxygen atoms in total. The Kier molecular flexibility index (Phi) is 3.42. The number of aromatic nitrogens is 3. The number of anilines is 2. The highest BCUT2D eigenvalue weighted by atomic mass is 35.5. The van der Waals surface area contributed by atoms with E-state index in [1.165, 1.54) is 6.20 Å². The Morgan fingerprint density at radius 1 is 1.33 bits per heavy atom. The first-order valence-corrected chi connectivity index (χ1v) is 5.50. The summed E-state index contributed by atoms with van der Waals surface area (Å²) in [6, 6.07) is 3.35. The van der Waals surface area contributed by atoms with Crippen LogP contribution in [0.2, 0.25) is 5.15 Å². The van der Waals surface area contributed by atoms with E-state index in [4.69, 9.17) is 17.3 Å². The predicted molar refractivity (Wildman–Crippen MR) is 70.8 cm³/mol. The lowest BCUT2D eigenvalue weighted by atomic mass is 10.4. The summed E-state index contributed by atoms with van der Waals surface area (Å²) in [5, 5.41) is 15.2. The number of hydrogen-bond donors (Lipinski definition) is 2. The molecule has 0 bridgehead atoms. The van der Waals surface area contributed by atoms with Crippen LogP contribution >= 0.6 is 11.6 Å². The average molecular weight is 266 g/mol. The number of aromatic amines is 1. The Hall–Kier alpha value is -2.15. The molecule has 2 aromatic heterocycles. The molecule has 0 radical (unpaired) electrons. The Labute approximate surface area is 109 Å². The monoisotopic (exact) mass is 265 g/mol. The van der Waals surface area contributed by atoms with Crippen LogP contribution in [-0.2, 0) is 0 Å². The van der Waals surface area contributed by atoms with Gasteiger partial charge in [-0.15, -0.1) is 10.2 Å². The van der Waals surface area contributed by atoms with Crippen LogP contribution in [0.1, 0.15) is 0 Å². The maximum atomic E-state index is 5.73. The number of nitrogens with zero attached hydrogens (tertiary/aromatic N) is 5. The first-order valence-electron chi connectivity index (χ1n) is 5.12. The minimum Gasteiger partial charge on any atom is -0.382 e. The Balaban J connectivity index is 2.28. The molecule has 8 heteroatoms. The number of nitrogens with two attached hydrogens (primary N) is 1. The maximum absolute atomic E-state index is 5.73. The molecule has 0 spiro atoms. The van der Waals surface area contributed by atoms with E-state index >= 15 is 0 Å². The van der Waals surface area contributed by atoms with Gasteiger partial charge in [0, 0.05) is 14.1 Å². The fraction of sp³-hybridized carbons (Fsp3) is 0.200. The van der Waals surface area contributed by atoms with Crippen LogP contribution in [0, 0.1) is 0 Å². The molecule has 0 fully saturated rings. The summed E-state index contributed by atoms with van der Waals surface area (Å²) in [4.78, 5) is 5.70. The van der Waals surface area contributed by atoms with Gasteiger partial charge in [0.25, 0.3) is 0 Å². The molecule has 0 amide bonds. The molecule has 2 rings (SSSR count). The van der Waals surface area contributed by atoms with Gasteiger partial charge in [0.1, 0.15) is 16.7 Å². The summed E-state index contributed by atoms with van der Waals surface area (Å²) >= 11 is 5.68. The molecule has 2 aromatic rings. The van der Waals surface area contributed by atoms with Gasteiger partial charge in [-0.1, -0.05) is 11.6 Å². The number of rotatable bonds is 3. The zero-order valence-electron chi connectivity index (χ0n) is 9.92. The second-order valence-corrected chi connectivity index (χ2v) is 4.13. The summed E-state index contributed by atoms with van der Waals surface area (Å²) in [7, 11) is 3.69. The fourth-order valence-corrected chi connectivity index (χ4v) is 1.40. The van der Waals surface area contributed by atoms with Crippen molar-refractivity contribution in [2.75, 3.05) is 24.7 Å². The number of nitrogen functional groups attached to an aromatic ring is 1. The third-order valence-corrected chi connectivity index (χ3v) is 2.37. The number of hydrogen-bond acceptors (Lipinski definition) is 6. The quantitative estimate of drug-likeness (QED) is 0.658. The number of nitrogens with one attached hydrogen (secondary N) is 1. The van der Waals surface area contributed by atoms with Crippen LogP contribution in [0.3, 0.4) is 0 Å². The molecule has 0 aromatic carbocycles. The normalized spacial score (nSPS) is 11.1. The van der Waals surface area contributed by atoms with Gasteiger partial charge in [-0.25, -0.2) is 4.98 Å². The van der Waals surface area contributed by atoms with Crippen molar-refractivity contribution >= 4 is 34.6 Å². The van der Waals surface area contributed by atoms with Gasteiger partial charge in [-0.3, -0.25) is 5.10 Å². The first kappa shape index (κ1) is 12.3. The summed E-state index contributed by atoms with van der Waals surface area (Å²) in [5.74, 6) is 0.988. The third-order valence-electron chi connectivity index (χ3n) is 2.15. The van der Waals surface area contributed by atoms with E-state index in [1.807, 2.05) is 14.1 Å². The zero-order chi connectivity index (χ0) is 13.1. The van der Waals surface area contributed by atoms with E-state index in [1.54, 1.807) is 17.0 Å². The summed E-state index contributed by atoms with van der Waals surface area (Å²) < 4.78 is 0. The van der Waals surface area contributed by atoms with E-state index < -0.39 is 0 Å². The topological polar surface area (TPSA) is 95.5 Å². The minimum atomic E-state index is 0.365. The Morgan fingerprint density at radius 3 is 2.72 bits per heavy atom. The zero-order valence-corrected chi connectivity index (χ0v) is 10.7. The van der Waals surface area contributed by atoms with Gasteiger partial charge in [0.05, 0.1) is 6.20 Å². The molecule has 0 saturated heterocycles. The highest BCUT2D eigenvalue weighted by Crippen LogP contribution is 2.31. The van der Waals surface area contributed by atoms with E-state index in [0.717, 1.165) is 0 Å². The van der Waals surface area contributed by atoms with Gasteiger partial charge in [-0.05, 0) is 12.1 Å². The van der Waals surface area contributed by atoms with Gasteiger partial charge in [0.2, 0.25) is 0 Å². The van der Waals surface area contributed by atoms with E-state index in [-0.39, 0.29) is 0 Å². The van der Waals surface area contributed by atoms with Crippen molar-refractivity contribution in [1.82, 2.24) is 15.2 Å². The molecular formula is C10H12ClN7. The minimum absolute atomic E-state index is 0.365. The lowest BCUT2D eigenvalue weighted by Gasteiger charge is -2.07. The van der Waals surface area contributed by atoms with Crippen LogP contribution in [0.5, 0.6) is 0 Å². The summed E-state index contributed by atoms with van der Waals surface area (Å²) in [6.45, 7) is 0. The van der Waals surface area contributed by atoms with E-state index in [9.17, 15) is 0 Å². The summed E-state index contributed by atoms with van der Waals surface area (Å²) in [5.41, 5.74) is 6.82. The number of pyridine rings is 1. The number of azo groups is 1. The molecule has 0 saturated carbocycles. The van der Waals surface area contributed by atoms with Crippen LogP contribution in [-0.4, -0.2) is 29.3 Å². The lowest BCUT2D eigenvalue weighted by Crippen LogP contribution is -2.09.